The molecule has 1 aromatic carbocycles. The quantitative estimate of drug-likeness (QED) is 0.738. The molecular weight excluding hydrogens is 304 g/mol. The summed E-state index contributed by atoms with van der Waals surface area (Å²) >= 11 is 0. The summed E-state index contributed by atoms with van der Waals surface area (Å²) in [5.41, 5.74) is -0.165. The van der Waals surface area contributed by atoms with Gasteiger partial charge in [-0.2, -0.15) is 0 Å². The molecule has 0 fully saturated rings. The van der Waals surface area contributed by atoms with Crippen molar-refractivity contribution < 1.29 is 19.4 Å². The van der Waals surface area contributed by atoms with Gasteiger partial charge >= 0.3 is 0 Å². The summed E-state index contributed by atoms with van der Waals surface area (Å²) in [6.45, 7) is 0. The van der Waals surface area contributed by atoms with Crippen molar-refractivity contribution in [2.75, 3.05) is 7.11 Å². The lowest BCUT2D eigenvalue weighted by Crippen LogP contribution is -2.38. The van der Waals surface area contributed by atoms with Crippen LogP contribution < -0.4 is 4.74 Å². The number of Topliss-reactive ketones (excluding diaryl/α,β-unsaturated/α-hetero) is 2. The Balaban J connectivity index is 2.03. The van der Waals surface area contributed by atoms with Crippen LogP contribution in [0.25, 0.3) is 11.1 Å². The highest BCUT2D eigenvalue weighted by atomic mass is 16.5. The van der Waals surface area contributed by atoms with Crippen LogP contribution in [0.2, 0.25) is 0 Å². The van der Waals surface area contributed by atoms with E-state index in [1.165, 1.54) is 7.11 Å². The molecule has 1 N–H and O–H groups in total. The molecule has 4 rings (SSSR count). The van der Waals surface area contributed by atoms with Gasteiger partial charge < -0.3 is 9.84 Å². The van der Waals surface area contributed by atoms with Crippen LogP contribution in [-0.2, 0) is 5.60 Å². The number of carbonyl (C=O) groups excluding carboxylic acids is 2. The van der Waals surface area contributed by atoms with Crippen LogP contribution in [0.3, 0.4) is 0 Å². The molecule has 0 aromatic heterocycles. The van der Waals surface area contributed by atoms with E-state index in [0.717, 1.165) is 5.56 Å². The molecular formula is C20H14O4. The molecule has 4 nitrogen and oxygen atoms in total. The van der Waals surface area contributed by atoms with Gasteiger partial charge in [-0.15, -0.1) is 0 Å². The first kappa shape index (κ1) is 14.6. The number of ketones is 2. The average molecular weight is 318 g/mol. The Kier molecular flexibility index (Phi) is 3.05. The van der Waals surface area contributed by atoms with E-state index in [0.29, 0.717) is 11.3 Å². The fraction of sp³-hybridized carbons (Fsp3) is 0.100. The molecule has 0 saturated heterocycles. The number of hydrogen-bond acceptors (Lipinski definition) is 4. The molecule has 0 heterocycles. The zero-order chi connectivity index (χ0) is 16.9. The minimum atomic E-state index is -2.26. The van der Waals surface area contributed by atoms with E-state index in [9.17, 15) is 14.7 Å². The van der Waals surface area contributed by atoms with E-state index >= 15 is 0 Å². The fourth-order valence-corrected chi connectivity index (χ4v) is 3.39. The van der Waals surface area contributed by atoms with Gasteiger partial charge in [-0.05, 0) is 17.2 Å². The lowest BCUT2D eigenvalue weighted by atomic mass is 9.87. The molecule has 0 unspecified atom stereocenters. The van der Waals surface area contributed by atoms with Gasteiger partial charge in [0.2, 0.25) is 17.2 Å². The molecule has 0 aliphatic heterocycles. The van der Waals surface area contributed by atoms with Crippen molar-refractivity contribution in [1.82, 2.24) is 0 Å². The summed E-state index contributed by atoms with van der Waals surface area (Å²) in [4.78, 5) is 25.8. The lowest BCUT2D eigenvalue weighted by molar-refractivity contribution is 0.0316. The van der Waals surface area contributed by atoms with Gasteiger partial charge in [0.25, 0.3) is 0 Å². The minimum Gasteiger partial charge on any atom is -0.496 e. The molecule has 0 radical (unpaired) electrons. The standard InChI is InChI=1S/C20H14O4/c1-24-16-11-12-7-3-2-4-8-13(12)17(16)20(23)18(21)14-9-5-6-10-15(14)19(20)22/h2-11,23H,1H3. The molecule has 24 heavy (non-hydrogen) atoms. The summed E-state index contributed by atoms with van der Waals surface area (Å²) in [5.74, 6) is -0.894. The number of rotatable bonds is 2. The molecule has 0 spiro atoms. The predicted molar refractivity (Wildman–Crippen MR) is 88.6 cm³/mol. The van der Waals surface area contributed by atoms with Gasteiger partial charge in [0.15, 0.2) is 0 Å². The van der Waals surface area contributed by atoms with Gasteiger partial charge in [-0.1, -0.05) is 54.6 Å². The van der Waals surface area contributed by atoms with Crippen LogP contribution in [-0.4, -0.2) is 23.8 Å². The molecule has 0 atom stereocenters. The Bertz CT molecular complexity index is 922. The SMILES string of the molecule is COc1cc2cccccc-2c1C1(O)C(=O)c2ccccc2C1=O. The fourth-order valence-electron chi connectivity index (χ4n) is 3.39. The highest BCUT2D eigenvalue weighted by molar-refractivity contribution is 6.32. The van der Waals surface area contributed by atoms with Crippen LogP contribution in [0.4, 0.5) is 0 Å². The van der Waals surface area contributed by atoms with Crippen molar-refractivity contribution in [2.45, 2.75) is 5.60 Å². The topological polar surface area (TPSA) is 63.6 Å². The van der Waals surface area contributed by atoms with E-state index in [2.05, 4.69) is 0 Å². The monoisotopic (exact) mass is 318 g/mol. The van der Waals surface area contributed by atoms with Crippen LogP contribution in [0, 0.1) is 0 Å². The van der Waals surface area contributed by atoms with Crippen LogP contribution in [0.1, 0.15) is 26.3 Å². The van der Waals surface area contributed by atoms with Crippen LogP contribution >= 0.6 is 0 Å². The zero-order valence-electron chi connectivity index (χ0n) is 12.9. The van der Waals surface area contributed by atoms with Crippen molar-refractivity contribution in [3.8, 4) is 16.9 Å². The highest BCUT2D eigenvalue weighted by Gasteiger charge is 2.55. The van der Waals surface area contributed by atoms with Crippen LogP contribution in [0.5, 0.6) is 5.75 Å². The first-order chi connectivity index (χ1) is 11.6. The molecule has 1 aromatic rings. The number of carbonyl (C=O) groups is 2. The highest BCUT2D eigenvalue weighted by Crippen LogP contribution is 2.48. The number of aliphatic hydroxyl groups is 1. The second kappa shape index (κ2) is 5.01. The molecule has 118 valence electrons. The van der Waals surface area contributed by atoms with Gasteiger partial charge in [0.05, 0.1) is 7.11 Å². The zero-order valence-corrected chi connectivity index (χ0v) is 12.9. The van der Waals surface area contributed by atoms with E-state index in [4.69, 9.17) is 4.74 Å². The molecule has 0 saturated carbocycles. The number of methoxy groups -OCH3 is 1. The summed E-state index contributed by atoms with van der Waals surface area (Å²) in [6, 6.07) is 17.3. The largest absolute Gasteiger partial charge is 0.496 e. The maximum Gasteiger partial charge on any atom is 0.220 e. The Hall–Kier alpha value is -2.98. The minimum absolute atomic E-state index is 0.211. The smallest absolute Gasteiger partial charge is 0.220 e. The summed E-state index contributed by atoms with van der Waals surface area (Å²) in [5, 5.41) is 11.2. The van der Waals surface area contributed by atoms with E-state index in [1.54, 1.807) is 42.5 Å². The third-order valence-electron chi connectivity index (χ3n) is 4.53. The third-order valence-corrected chi connectivity index (χ3v) is 4.53. The maximum atomic E-state index is 12.9. The first-order valence-electron chi connectivity index (χ1n) is 7.56. The second-order valence-corrected chi connectivity index (χ2v) is 5.78. The van der Waals surface area contributed by atoms with Gasteiger partial charge in [-0.25, -0.2) is 0 Å². The van der Waals surface area contributed by atoms with Gasteiger partial charge in [0, 0.05) is 16.7 Å². The summed E-state index contributed by atoms with van der Waals surface area (Å²) in [7, 11) is 1.46. The number of benzene rings is 1. The van der Waals surface area contributed by atoms with Crippen LogP contribution in [0.15, 0.2) is 60.7 Å². The average Bonchev–Trinajstić information content (AvgIpc) is 2.93. The Labute approximate surface area is 138 Å². The summed E-state index contributed by atoms with van der Waals surface area (Å²) < 4.78 is 5.37. The van der Waals surface area contributed by atoms with Crippen molar-refractivity contribution in [3.63, 3.8) is 0 Å². The second-order valence-electron chi connectivity index (χ2n) is 5.78. The van der Waals surface area contributed by atoms with E-state index in [-0.39, 0.29) is 16.7 Å². The number of fused-ring (bicyclic) bond motifs is 2. The lowest BCUT2D eigenvalue weighted by Gasteiger charge is -2.21. The van der Waals surface area contributed by atoms with Crippen molar-refractivity contribution in [2.24, 2.45) is 0 Å². The Morgan fingerprint density at radius 1 is 0.833 bits per heavy atom. The Morgan fingerprint density at radius 2 is 1.38 bits per heavy atom. The van der Waals surface area contributed by atoms with Gasteiger partial charge in [0.1, 0.15) is 5.75 Å². The number of hydrogen-bond donors (Lipinski definition) is 1. The normalized spacial score (nSPS) is 15.6. The van der Waals surface area contributed by atoms with Crippen molar-refractivity contribution in [1.29, 1.82) is 0 Å². The predicted octanol–water partition coefficient (Wildman–Crippen LogP) is 3.07. The number of ether oxygens (including phenoxy) is 1. The third kappa shape index (κ3) is 1.71. The first-order valence-corrected chi connectivity index (χ1v) is 7.56. The molecule has 0 amide bonds. The summed E-state index contributed by atoms with van der Waals surface area (Å²) in [6.07, 6.45) is 0. The van der Waals surface area contributed by atoms with Crippen molar-refractivity contribution >= 4 is 11.6 Å². The van der Waals surface area contributed by atoms with Gasteiger partial charge in [-0.3, -0.25) is 9.59 Å². The molecule has 3 aliphatic rings. The molecule has 4 heteroatoms. The van der Waals surface area contributed by atoms with E-state index in [1.807, 2.05) is 18.2 Å². The molecule has 3 aliphatic carbocycles. The van der Waals surface area contributed by atoms with Crippen molar-refractivity contribution in [3.05, 3.63) is 77.4 Å². The van der Waals surface area contributed by atoms with E-state index < -0.39 is 17.2 Å². The molecule has 0 bridgehead atoms. The maximum absolute atomic E-state index is 12.9. The Morgan fingerprint density at radius 3 is 2.00 bits per heavy atom.